The van der Waals surface area contributed by atoms with E-state index in [0.29, 0.717) is 6.54 Å². The van der Waals surface area contributed by atoms with Crippen LogP contribution in [0.3, 0.4) is 0 Å². The quantitative estimate of drug-likeness (QED) is 0.705. The molecule has 25 heavy (non-hydrogen) atoms. The minimum Gasteiger partial charge on any atom is -0.350 e. The lowest BCUT2D eigenvalue weighted by molar-refractivity contribution is -0.121. The molecular weight excluding hydrogens is 325 g/mol. The average molecular weight is 341 g/mol. The molecule has 0 radical (unpaired) electrons. The van der Waals surface area contributed by atoms with Crippen LogP contribution in [0.1, 0.15) is 11.1 Å². The monoisotopic (exact) mass is 341 g/mol. The molecule has 0 fully saturated rings. The van der Waals surface area contributed by atoms with Gasteiger partial charge in [0, 0.05) is 6.54 Å². The Kier molecular flexibility index (Phi) is 4.47. The van der Waals surface area contributed by atoms with Gasteiger partial charge in [0.2, 0.25) is 5.91 Å². The fraction of sp³-hybridized carbons (Fsp3) is 0.167. The topological polar surface area (TPSA) is 84.0 Å². The number of carbonyl (C=O) groups excluding carboxylic acids is 1. The maximum Gasteiger partial charge on any atom is 0.317 e. The third kappa shape index (κ3) is 3.65. The molecule has 0 aliphatic heterocycles. The largest absolute Gasteiger partial charge is 0.350 e. The third-order valence-electron chi connectivity index (χ3n) is 3.81. The van der Waals surface area contributed by atoms with Gasteiger partial charge in [-0.2, -0.15) is 0 Å². The number of carbonyl (C=O) groups is 1. The number of hydrogen-bond donors (Lipinski definition) is 2. The van der Waals surface area contributed by atoms with E-state index in [4.69, 9.17) is 0 Å². The third-order valence-corrected chi connectivity index (χ3v) is 3.81. The van der Waals surface area contributed by atoms with Crippen molar-refractivity contribution in [2.24, 2.45) is 0 Å². The van der Waals surface area contributed by atoms with Gasteiger partial charge in [-0.15, -0.1) is 0 Å². The fourth-order valence-corrected chi connectivity index (χ4v) is 2.63. The van der Waals surface area contributed by atoms with Crippen LogP contribution in [0.15, 0.2) is 52.1 Å². The molecule has 1 heterocycles. The van der Waals surface area contributed by atoms with Gasteiger partial charge in [-0.1, -0.05) is 29.8 Å². The Hall–Kier alpha value is -3.22. The zero-order chi connectivity index (χ0) is 18.0. The van der Waals surface area contributed by atoms with Gasteiger partial charge in [0.05, 0.1) is 11.0 Å². The Morgan fingerprint density at radius 1 is 1.20 bits per heavy atom. The second-order valence-corrected chi connectivity index (χ2v) is 5.77. The number of nitrogens with one attached hydrogen (secondary N) is 2. The average Bonchev–Trinajstić information content (AvgIpc) is 2.57. The molecule has 0 saturated carbocycles. The van der Waals surface area contributed by atoms with Crippen LogP contribution in [0.25, 0.3) is 11.0 Å². The number of fused-ring (bicyclic) bond motifs is 1. The summed E-state index contributed by atoms with van der Waals surface area (Å²) in [5.41, 5.74) is 0.700. The fourth-order valence-electron chi connectivity index (χ4n) is 2.63. The van der Waals surface area contributed by atoms with Crippen LogP contribution in [0.2, 0.25) is 0 Å². The molecule has 0 saturated heterocycles. The maximum absolute atomic E-state index is 13.3. The summed E-state index contributed by atoms with van der Waals surface area (Å²) in [6.45, 7) is 1.94. The van der Waals surface area contributed by atoms with Crippen LogP contribution in [-0.4, -0.2) is 15.5 Å². The number of nitrogens with zero attached hydrogens (tertiary/aromatic N) is 1. The van der Waals surface area contributed by atoms with Crippen molar-refractivity contribution >= 4 is 16.9 Å². The summed E-state index contributed by atoms with van der Waals surface area (Å²) in [6, 6.07) is 11.3. The maximum atomic E-state index is 13.3. The molecule has 0 aliphatic carbocycles. The smallest absolute Gasteiger partial charge is 0.317 e. The van der Waals surface area contributed by atoms with Gasteiger partial charge in [0.25, 0.3) is 0 Å². The highest BCUT2D eigenvalue weighted by atomic mass is 19.1. The van der Waals surface area contributed by atoms with E-state index in [0.717, 1.165) is 21.8 Å². The molecular formula is C18H16FN3O3. The van der Waals surface area contributed by atoms with Gasteiger partial charge < -0.3 is 10.3 Å². The molecule has 128 valence electrons. The Morgan fingerprint density at radius 2 is 2.00 bits per heavy atom. The van der Waals surface area contributed by atoms with Crippen molar-refractivity contribution < 1.29 is 9.18 Å². The van der Waals surface area contributed by atoms with Gasteiger partial charge >= 0.3 is 11.1 Å². The first kappa shape index (κ1) is 16.6. The first-order valence-corrected chi connectivity index (χ1v) is 7.68. The van der Waals surface area contributed by atoms with Crippen LogP contribution < -0.4 is 16.4 Å². The normalized spacial score (nSPS) is 10.8. The molecule has 0 bridgehead atoms. The number of aromatic amines is 1. The number of rotatable bonds is 4. The summed E-state index contributed by atoms with van der Waals surface area (Å²) in [7, 11) is 0. The van der Waals surface area contributed by atoms with Crippen molar-refractivity contribution in [1.29, 1.82) is 0 Å². The number of halogens is 1. The lowest BCUT2D eigenvalue weighted by Crippen LogP contribution is -2.40. The van der Waals surface area contributed by atoms with E-state index < -0.39 is 22.8 Å². The number of amides is 1. The van der Waals surface area contributed by atoms with E-state index in [1.807, 2.05) is 31.2 Å². The van der Waals surface area contributed by atoms with Crippen LogP contribution >= 0.6 is 0 Å². The zero-order valence-corrected chi connectivity index (χ0v) is 13.5. The van der Waals surface area contributed by atoms with Crippen LogP contribution in [0, 0.1) is 12.7 Å². The molecule has 2 aromatic carbocycles. The second-order valence-electron chi connectivity index (χ2n) is 5.77. The van der Waals surface area contributed by atoms with Crippen molar-refractivity contribution in [2.45, 2.75) is 20.0 Å². The minimum atomic E-state index is -0.899. The Balaban J connectivity index is 1.84. The number of benzene rings is 2. The van der Waals surface area contributed by atoms with E-state index in [1.165, 1.54) is 12.1 Å². The zero-order valence-electron chi connectivity index (χ0n) is 13.5. The Bertz CT molecular complexity index is 1070. The summed E-state index contributed by atoms with van der Waals surface area (Å²) >= 11 is 0. The highest BCUT2D eigenvalue weighted by molar-refractivity contribution is 5.80. The van der Waals surface area contributed by atoms with Crippen molar-refractivity contribution in [3.05, 3.63) is 80.1 Å². The first-order valence-electron chi connectivity index (χ1n) is 7.68. The summed E-state index contributed by atoms with van der Waals surface area (Å²) in [5, 5.41) is 2.71. The van der Waals surface area contributed by atoms with Crippen molar-refractivity contribution in [3.8, 4) is 0 Å². The predicted molar refractivity (Wildman–Crippen MR) is 91.8 cm³/mol. The molecule has 7 heteroatoms. The molecule has 6 nitrogen and oxygen atoms in total. The van der Waals surface area contributed by atoms with Crippen molar-refractivity contribution in [2.75, 3.05) is 0 Å². The highest BCUT2D eigenvalue weighted by Gasteiger charge is 2.12. The van der Waals surface area contributed by atoms with Crippen LogP contribution in [0.4, 0.5) is 4.39 Å². The van der Waals surface area contributed by atoms with E-state index in [9.17, 15) is 18.8 Å². The van der Waals surface area contributed by atoms with Gasteiger partial charge in [-0.3, -0.25) is 19.0 Å². The van der Waals surface area contributed by atoms with Crippen molar-refractivity contribution in [3.63, 3.8) is 0 Å². The number of aryl methyl sites for hydroxylation is 1. The SMILES string of the molecule is Cc1cccc(CNC(=O)Cn2c(=O)c(=O)[nH]c3cc(F)ccc32)c1. The van der Waals surface area contributed by atoms with E-state index in [2.05, 4.69) is 10.3 Å². The molecule has 3 rings (SSSR count). The Morgan fingerprint density at radius 3 is 2.76 bits per heavy atom. The van der Waals surface area contributed by atoms with E-state index in [1.54, 1.807) is 0 Å². The van der Waals surface area contributed by atoms with Crippen LogP contribution in [-0.2, 0) is 17.9 Å². The second kappa shape index (κ2) is 6.72. The summed E-state index contributed by atoms with van der Waals surface area (Å²) in [4.78, 5) is 38.3. The highest BCUT2D eigenvalue weighted by Crippen LogP contribution is 2.10. The molecule has 3 aromatic rings. The van der Waals surface area contributed by atoms with Gasteiger partial charge in [0.15, 0.2) is 0 Å². The molecule has 0 spiro atoms. The minimum absolute atomic E-state index is 0.163. The lowest BCUT2D eigenvalue weighted by Gasteiger charge is -2.10. The molecule has 1 aromatic heterocycles. The van der Waals surface area contributed by atoms with Gasteiger partial charge in [-0.25, -0.2) is 4.39 Å². The molecule has 0 unspecified atom stereocenters. The molecule has 2 N–H and O–H groups in total. The summed E-state index contributed by atoms with van der Waals surface area (Å²) < 4.78 is 14.4. The molecule has 1 amide bonds. The predicted octanol–water partition coefficient (Wildman–Crippen LogP) is 1.45. The molecule has 0 aliphatic rings. The standard InChI is InChI=1S/C18H16FN3O3/c1-11-3-2-4-12(7-11)9-20-16(23)10-22-15-6-5-13(19)8-14(15)21-17(24)18(22)25/h2-8H,9-10H2,1H3,(H,20,23)(H,21,24). The van der Waals surface area contributed by atoms with Crippen molar-refractivity contribution in [1.82, 2.24) is 14.9 Å². The number of hydrogen-bond acceptors (Lipinski definition) is 3. The van der Waals surface area contributed by atoms with Crippen LogP contribution in [0.5, 0.6) is 0 Å². The molecule has 0 atom stereocenters. The summed E-state index contributed by atoms with van der Waals surface area (Å²) in [5.74, 6) is -0.961. The van der Waals surface area contributed by atoms with Gasteiger partial charge in [0.1, 0.15) is 12.4 Å². The Labute approximate surface area is 141 Å². The summed E-state index contributed by atoms with van der Waals surface area (Å²) in [6.07, 6.45) is 0. The number of aromatic nitrogens is 2. The van der Waals surface area contributed by atoms with Gasteiger partial charge in [-0.05, 0) is 30.7 Å². The first-order chi connectivity index (χ1) is 11.9. The van der Waals surface area contributed by atoms with E-state index >= 15 is 0 Å². The lowest BCUT2D eigenvalue weighted by atomic mass is 10.1. The number of H-pyrrole nitrogens is 1. The van der Waals surface area contributed by atoms with E-state index in [-0.39, 0.29) is 17.6 Å².